The van der Waals surface area contributed by atoms with Crippen LogP contribution in [-0.4, -0.2) is 20.5 Å². The summed E-state index contributed by atoms with van der Waals surface area (Å²) in [5.41, 5.74) is 0.589. The lowest BCUT2D eigenvalue weighted by Crippen LogP contribution is -2.02. The third kappa shape index (κ3) is 4.61. The van der Waals surface area contributed by atoms with Gasteiger partial charge in [-0.2, -0.15) is 0 Å². The predicted octanol–water partition coefficient (Wildman–Crippen LogP) is 3.10. The molecule has 3 nitrogen and oxygen atoms in total. The number of rotatable bonds is 6. The average Bonchev–Trinajstić information content (AvgIpc) is 2.27. The number of ketones is 1. The molecule has 1 rings (SSSR count). The van der Waals surface area contributed by atoms with E-state index >= 15 is 0 Å². The number of carbonyl (C=O) groups is 1. The van der Waals surface area contributed by atoms with E-state index in [1.165, 1.54) is 12.1 Å². The van der Waals surface area contributed by atoms with Crippen molar-refractivity contribution in [3.8, 4) is 0 Å². The standard InChI is InChI=1S/C14H20O3S/c1-11(2)5-4-6-14(15)12-7-9-13(10-8-12)18(3,16)17/h7-11H,4-6H2,1-3H3. The Labute approximate surface area is 109 Å². The highest BCUT2D eigenvalue weighted by Gasteiger charge is 2.10. The highest BCUT2D eigenvalue weighted by molar-refractivity contribution is 7.90. The van der Waals surface area contributed by atoms with Gasteiger partial charge in [-0.15, -0.1) is 0 Å². The zero-order valence-electron chi connectivity index (χ0n) is 11.1. The summed E-state index contributed by atoms with van der Waals surface area (Å²) in [5, 5.41) is 0. The average molecular weight is 268 g/mol. The van der Waals surface area contributed by atoms with Crippen molar-refractivity contribution in [1.29, 1.82) is 0 Å². The van der Waals surface area contributed by atoms with Crippen LogP contribution in [-0.2, 0) is 9.84 Å². The predicted molar refractivity (Wildman–Crippen MR) is 72.6 cm³/mol. The molecular formula is C14H20O3S. The minimum atomic E-state index is -3.18. The van der Waals surface area contributed by atoms with Crippen LogP contribution in [0.3, 0.4) is 0 Å². The molecule has 4 heteroatoms. The first-order chi connectivity index (χ1) is 8.30. The maximum Gasteiger partial charge on any atom is 0.175 e. The molecule has 0 spiro atoms. The van der Waals surface area contributed by atoms with E-state index in [-0.39, 0.29) is 10.7 Å². The van der Waals surface area contributed by atoms with Gasteiger partial charge in [0.1, 0.15) is 0 Å². The third-order valence-electron chi connectivity index (χ3n) is 2.79. The molecule has 0 aliphatic carbocycles. The van der Waals surface area contributed by atoms with Gasteiger partial charge in [0.15, 0.2) is 15.6 Å². The van der Waals surface area contributed by atoms with Crippen LogP contribution in [0.15, 0.2) is 29.2 Å². The molecular weight excluding hydrogens is 248 g/mol. The van der Waals surface area contributed by atoms with Gasteiger partial charge in [0.05, 0.1) is 4.90 Å². The van der Waals surface area contributed by atoms with E-state index in [0.717, 1.165) is 19.1 Å². The fourth-order valence-corrected chi connectivity index (χ4v) is 2.33. The molecule has 1 aromatic rings. The lowest BCUT2D eigenvalue weighted by molar-refractivity contribution is 0.0978. The molecule has 0 bridgehead atoms. The molecule has 0 amide bonds. The second-order valence-corrected chi connectivity index (χ2v) is 7.02. The summed E-state index contributed by atoms with van der Waals surface area (Å²) >= 11 is 0. The smallest absolute Gasteiger partial charge is 0.175 e. The van der Waals surface area contributed by atoms with Crippen LogP contribution in [0.5, 0.6) is 0 Å². The van der Waals surface area contributed by atoms with Crippen LogP contribution in [0.25, 0.3) is 0 Å². The minimum Gasteiger partial charge on any atom is -0.294 e. The van der Waals surface area contributed by atoms with Crippen LogP contribution in [0.4, 0.5) is 0 Å². The number of sulfone groups is 1. The first-order valence-electron chi connectivity index (χ1n) is 6.14. The number of carbonyl (C=O) groups excluding carboxylic acids is 1. The summed E-state index contributed by atoms with van der Waals surface area (Å²) in [6.45, 7) is 4.26. The third-order valence-corrected chi connectivity index (χ3v) is 3.92. The molecule has 0 unspecified atom stereocenters. The molecule has 0 saturated carbocycles. The van der Waals surface area contributed by atoms with Gasteiger partial charge in [0.2, 0.25) is 0 Å². The Hall–Kier alpha value is -1.16. The first kappa shape index (κ1) is 14.9. The molecule has 0 fully saturated rings. The molecule has 0 saturated heterocycles. The van der Waals surface area contributed by atoms with Crippen molar-refractivity contribution in [2.75, 3.05) is 6.26 Å². The normalized spacial score (nSPS) is 11.8. The maximum absolute atomic E-state index is 11.8. The van der Waals surface area contributed by atoms with Crippen molar-refractivity contribution < 1.29 is 13.2 Å². The molecule has 100 valence electrons. The zero-order valence-corrected chi connectivity index (χ0v) is 12.0. The van der Waals surface area contributed by atoms with Crippen molar-refractivity contribution in [2.45, 2.75) is 38.0 Å². The van der Waals surface area contributed by atoms with Gasteiger partial charge >= 0.3 is 0 Å². The maximum atomic E-state index is 11.8. The number of hydrogen-bond acceptors (Lipinski definition) is 3. The number of hydrogen-bond donors (Lipinski definition) is 0. The summed E-state index contributed by atoms with van der Waals surface area (Å²) in [6.07, 6.45) is 3.60. The van der Waals surface area contributed by atoms with Gasteiger partial charge in [-0.3, -0.25) is 4.79 Å². The van der Waals surface area contributed by atoms with Gasteiger partial charge in [-0.05, 0) is 24.5 Å². The quantitative estimate of drug-likeness (QED) is 0.745. The summed E-state index contributed by atoms with van der Waals surface area (Å²) in [5.74, 6) is 0.682. The van der Waals surface area contributed by atoms with Crippen LogP contribution < -0.4 is 0 Å². The van der Waals surface area contributed by atoms with Crippen molar-refractivity contribution in [1.82, 2.24) is 0 Å². The Bertz CT molecular complexity index is 498. The Balaban J connectivity index is 2.65. The first-order valence-corrected chi connectivity index (χ1v) is 8.03. The number of Topliss-reactive ketones (excluding diaryl/α,β-unsaturated/α-hetero) is 1. The van der Waals surface area contributed by atoms with E-state index in [4.69, 9.17) is 0 Å². The van der Waals surface area contributed by atoms with Crippen LogP contribution in [0, 0.1) is 5.92 Å². The highest BCUT2D eigenvalue weighted by atomic mass is 32.2. The fraction of sp³-hybridized carbons (Fsp3) is 0.500. The van der Waals surface area contributed by atoms with Crippen molar-refractivity contribution in [3.05, 3.63) is 29.8 Å². The molecule has 0 heterocycles. The van der Waals surface area contributed by atoms with Crippen molar-refractivity contribution in [2.24, 2.45) is 5.92 Å². The largest absolute Gasteiger partial charge is 0.294 e. The van der Waals surface area contributed by atoms with Gasteiger partial charge in [0, 0.05) is 18.2 Å². The summed E-state index contributed by atoms with van der Waals surface area (Å²) in [7, 11) is -3.18. The van der Waals surface area contributed by atoms with Gasteiger partial charge in [-0.25, -0.2) is 8.42 Å². The molecule has 0 aliphatic heterocycles. The lowest BCUT2D eigenvalue weighted by Gasteiger charge is -2.04. The van der Waals surface area contributed by atoms with Crippen molar-refractivity contribution >= 4 is 15.6 Å². The fourth-order valence-electron chi connectivity index (χ4n) is 1.70. The molecule has 0 radical (unpaired) electrons. The SMILES string of the molecule is CC(C)CCCC(=O)c1ccc(S(C)(=O)=O)cc1. The Kier molecular flexibility index (Phi) is 5.08. The Morgan fingerprint density at radius 2 is 1.72 bits per heavy atom. The van der Waals surface area contributed by atoms with E-state index < -0.39 is 9.84 Å². The van der Waals surface area contributed by atoms with E-state index in [0.29, 0.717) is 17.9 Å². The van der Waals surface area contributed by atoms with Gasteiger partial charge in [-0.1, -0.05) is 32.4 Å². The highest BCUT2D eigenvalue weighted by Crippen LogP contribution is 2.14. The number of benzene rings is 1. The monoisotopic (exact) mass is 268 g/mol. The van der Waals surface area contributed by atoms with Crippen molar-refractivity contribution in [3.63, 3.8) is 0 Å². The second kappa shape index (κ2) is 6.14. The molecule has 1 aromatic carbocycles. The zero-order chi connectivity index (χ0) is 13.8. The Morgan fingerprint density at radius 1 is 1.17 bits per heavy atom. The molecule has 0 N–H and O–H groups in total. The molecule has 18 heavy (non-hydrogen) atoms. The lowest BCUT2D eigenvalue weighted by atomic mass is 10.0. The summed E-state index contributed by atoms with van der Waals surface area (Å²) in [4.78, 5) is 12.1. The van der Waals surface area contributed by atoms with E-state index in [1.807, 2.05) is 0 Å². The minimum absolute atomic E-state index is 0.0794. The van der Waals surface area contributed by atoms with E-state index in [1.54, 1.807) is 12.1 Å². The van der Waals surface area contributed by atoms with E-state index in [2.05, 4.69) is 13.8 Å². The van der Waals surface area contributed by atoms with Crippen LogP contribution >= 0.6 is 0 Å². The molecule has 0 atom stereocenters. The summed E-state index contributed by atoms with van der Waals surface area (Å²) in [6, 6.07) is 6.16. The second-order valence-electron chi connectivity index (χ2n) is 5.01. The summed E-state index contributed by atoms with van der Waals surface area (Å²) < 4.78 is 22.6. The molecule has 0 aromatic heterocycles. The Morgan fingerprint density at radius 3 is 2.17 bits per heavy atom. The van der Waals surface area contributed by atoms with Gasteiger partial charge < -0.3 is 0 Å². The van der Waals surface area contributed by atoms with Crippen LogP contribution in [0.1, 0.15) is 43.5 Å². The molecule has 0 aliphatic rings. The van der Waals surface area contributed by atoms with Gasteiger partial charge in [0.25, 0.3) is 0 Å². The van der Waals surface area contributed by atoms with Crippen LogP contribution in [0.2, 0.25) is 0 Å². The van der Waals surface area contributed by atoms with E-state index in [9.17, 15) is 13.2 Å². The topological polar surface area (TPSA) is 51.2 Å².